The fourth-order valence-electron chi connectivity index (χ4n) is 1.60. The number of aliphatic hydroxyl groups is 1. The molecule has 0 aliphatic heterocycles. The zero-order chi connectivity index (χ0) is 14.4. The lowest BCUT2D eigenvalue weighted by Crippen LogP contribution is -2.20. The van der Waals surface area contributed by atoms with E-state index in [1.54, 1.807) is 6.07 Å². The van der Waals surface area contributed by atoms with Crippen LogP contribution in [0.25, 0.3) is 0 Å². The van der Waals surface area contributed by atoms with Crippen molar-refractivity contribution in [2.75, 3.05) is 23.1 Å². The molecule has 3 N–H and O–H groups in total. The van der Waals surface area contributed by atoms with E-state index in [1.165, 1.54) is 11.3 Å². The Labute approximate surface area is 126 Å². The Kier molecular flexibility index (Phi) is 5.40. The number of alkyl halides is 1. The summed E-state index contributed by atoms with van der Waals surface area (Å²) in [6, 6.07) is 10.9. The van der Waals surface area contributed by atoms with Gasteiger partial charge in [0.25, 0.3) is 5.91 Å². The van der Waals surface area contributed by atoms with Crippen LogP contribution in [0.2, 0.25) is 0 Å². The fourth-order valence-corrected chi connectivity index (χ4v) is 2.33. The summed E-state index contributed by atoms with van der Waals surface area (Å²) in [4.78, 5) is 12.6. The summed E-state index contributed by atoms with van der Waals surface area (Å²) in [6.07, 6.45) is -0.596. The summed E-state index contributed by atoms with van der Waals surface area (Å²) in [5, 5.41) is 17.1. The predicted octanol–water partition coefficient (Wildman–Crippen LogP) is 3.01. The molecule has 1 heterocycles. The monoisotopic (exact) mass is 310 g/mol. The van der Waals surface area contributed by atoms with Gasteiger partial charge in [-0.1, -0.05) is 12.1 Å². The van der Waals surface area contributed by atoms with Crippen molar-refractivity contribution in [3.8, 4) is 0 Å². The van der Waals surface area contributed by atoms with E-state index >= 15 is 0 Å². The molecule has 1 aromatic heterocycles. The van der Waals surface area contributed by atoms with Crippen LogP contribution in [0.15, 0.2) is 41.8 Å². The van der Waals surface area contributed by atoms with Gasteiger partial charge < -0.3 is 15.7 Å². The van der Waals surface area contributed by atoms with Crippen molar-refractivity contribution in [2.24, 2.45) is 0 Å². The van der Waals surface area contributed by atoms with Crippen LogP contribution in [-0.4, -0.2) is 29.5 Å². The van der Waals surface area contributed by atoms with E-state index < -0.39 is 6.10 Å². The van der Waals surface area contributed by atoms with E-state index in [2.05, 4.69) is 10.6 Å². The standard InChI is InChI=1S/C14H15ClN2O2S/c15-8-12(18)9-16-10-3-1-4-11(7-10)17-14(19)13-5-2-6-20-13/h1-7,12,16,18H,8-9H2,(H,17,19). The summed E-state index contributed by atoms with van der Waals surface area (Å²) in [5.74, 6) is 0.0554. The molecule has 0 fully saturated rings. The molecular formula is C14H15ClN2O2S. The highest BCUT2D eigenvalue weighted by atomic mass is 35.5. The van der Waals surface area contributed by atoms with Crippen LogP contribution in [-0.2, 0) is 0 Å². The lowest BCUT2D eigenvalue weighted by molar-refractivity contribution is 0.103. The number of hydrogen-bond donors (Lipinski definition) is 3. The average molecular weight is 311 g/mol. The van der Waals surface area contributed by atoms with Crippen molar-refractivity contribution < 1.29 is 9.90 Å². The molecule has 4 nitrogen and oxygen atoms in total. The minimum Gasteiger partial charge on any atom is -0.390 e. The number of rotatable bonds is 6. The van der Waals surface area contributed by atoms with E-state index in [1.807, 2.05) is 35.7 Å². The van der Waals surface area contributed by atoms with Crippen molar-refractivity contribution in [3.05, 3.63) is 46.7 Å². The molecule has 1 unspecified atom stereocenters. The maximum absolute atomic E-state index is 11.9. The van der Waals surface area contributed by atoms with Crippen molar-refractivity contribution in [1.29, 1.82) is 0 Å². The van der Waals surface area contributed by atoms with E-state index in [0.717, 1.165) is 5.69 Å². The van der Waals surface area contributed by atoms with E-state index in [9.17, 15) is 9.90 Å². The molecule has 0 saturated heterocycles. The summed E-state index contributed by atoms with van der Waals surface area (Å²) >= 11 is 6.93. The molecule has 0 aliphatic rings. The van der Waals surface area contributed by atoms with Crippen LogP contribution < -0.4 is 10.6 Å². The highest BCUT2D eigenvalue weighted by Gasteiger charge is 2.07. The summed E-state index contributed by atoms with van der Waals surface area (Å²) in [6.45, 7) is 0.367. The molecule has 6 heteroatoms. The van der Waals surface area contributed by atoms with Crippen molar-refractivity contribution >= 4 is 40.2 Å². The molecule has 0 aliphatic carbocycles. The third kappa shape index (κ3) is 4.23. The van der Waals surface area contributed by atoms with Crippen LogP contribution in [0, 0.1) is 0 Å². The molecule has 20 heavy (non-hydrogen) atoms. The Balaban J connectivity index is 1.97. The van der Waals surface area contributed by atoms with Gasteiger partial charge >= 0.3 is 0 Å². The first-order valence-corrected chi connectivity index (χ1v) is 7.53. The lowest BCUT2D eigenvalue weighted by atomic mass is 10.2. The fraction of sp³-hybridized carbons (Fsp3) is 0.214. The predicted molar refractivity (Wildman–Crippen MR) is 83.9 cm³/mol. The van der Waals surface area contributed by atoms with Gasteiger partial charge in [0.2, 0.25) is 0 Å². The van der Waals surface area contributed by atoms with Gasteiger partial charge in [0, 0.05) is 17.9 Å². The van der Waals surface area contributed by atoms with Gasteiger partial charge in [-0.2, -0.15) is 0 Å². The molecule has 106 valence electrons. The Bertz CT molecular complexity index is 560. The van der Waals surface area contributed by atoms with Crippen molar-refractivity contribution in [2.45, 2.75) is 6.10 Å². The van der Waals surface area contributed by atoms with Gasteiger partial charge in [-0.25, -0.2) is 0 Å². The molecule has 2 rings (SSSR count). The molecule has 0 spiro atoms. The van der Waals surface area contributed by atoms with Gasteiger partial charge in [-0.05, 0) is 29.6 Å². The molecule has 0 radical (unpaired) electrons. The highest BCUT2D eigenvalue weighted by molar-refractivity contribution is 7.12. The summed E-state index contributed by atoms with van der Waals surface area (Å²) in [5.41, 5.74) is 1.52. The Morgan fingerprint density at radius 2 is 2.10 bits per heavy atom. The number of nitrogens with one attached hydrogen (secondary N) is 2. The number of anilines is 2. The topological polar surface area (TPSA) is 61.4 Å². The molecule has 1 aromatic carbocycles. The molecule has 2 aromatic rings. The van der Waals surface area contributed by atoms with Gasteiger partial charge in [-0.3, -0.25) is 4.79 Å². The number of carbonyl (C=O) groups excluding carboxylic acids is 1. The minimum atomic E-state index is -0.596. The number of thiophene rings is 1. The first kappa shape index (κ1) is 14.8. The molecule has 0 saturated carbocycles. The second-order valence-corrected chi connectivity index (χ2v) is 5.46. The Morgan fingerprint density at radius 1 is 1.30 bits per heavy atom. The number of aliphatic hydroxyl groups excluding tert-OH is 1. The number of carbonyl (C=O) groups is 1. The number of benzene rings is 1. The van der Waals surface area contributed by atoms with Crippen LogP contribution in [0.5, 0.6) is 0 Å². The molecule has 1 atom stereocenters. The van der Waals surface area contributed by atoms with Crippen molar-refractivity contribution in [3.63, 3.8) is 0 Å². The second-order valence-electron chi connectivity index (χ2n) is 4.20. The Morgan fingerprint density at radius 3 is 2.80 bits per heavy atom. The second kappa shape index (κ2) is 7.28. The van der Waals surface area contributed by atoms with Gasteiger partial charge in [0.15, 0.2) is 0 Å². The summed E-state index contributed by atoms with van der Waals surface area (Å²) < 4.78 is 0. The normalized spacial score (nSPS) is 11.9. The molecule has 0 bridgehead atoms. The minimum absolute atomic E-state index is 0.127. The maximum Gasteiger partial charge on any atom is 0.265 e. The lowest BCUT2D eigenvalue weighted by Gasteiger charge is -2.11. The van der Waals surface area contributed by atoms with E-state index in [0.29, 0.717) is 17.1 Å². The SMILES string of the molecule is O=C(Nc1cccc(NCC(O)CCl)c1)c1cccs1. The third-order valence-corrected chi connectivity index (χ3v) is 3.81. The Hall–Kier alpha value is -1.56. The van der Waals surface area contributed by atoms with Crippen LogP contribution >= 0.6 is 22.9 Å². The van der Waals surface area contributed by atoms with Crippen LogP contribution in [0.1, 0.15) is 9.67 Å². The van der Waals surface area contributed by atoms with Gasteiger partial charge in [0.1, 0.15) is 0 Å². The smallest absolute Gasteiger partial charge is 0.265 e. The first-order chi connectivity index (χ1) is 9.69. The third-order valence-electron chi connectivity index (χ3n) is 2.59. The quantitative estimate of drug-likeness (QED) is 0.719. The number of amides is 1. The van der Waals surface area contributed by atoms with E-state index in [4.69, 9.17) is 11.6 Å². The van der Waals surface area contributed by atoms with E-state index in [-0.39, 0.29) is 11.8 Å². The van der Waals surface area contributed by atoms with Crippen LogP contribution in [0.4, 0.5) is 11.4 Å². The zero-order valence-corrected chi connectivity index (χ0v) is 12.2. The average Bonchev–Trinajstić information content (AvgIpc) is 2.99. The first-order valence-electron chi connectivity index (χ1n) is 6.12. The van der Waals surface area contributed by atoms with Gasteiger partial charge in [0.05, 0.1) is 16.9 Å². The number of hydrogen-bond acceptors (Lipinski definition) is 4. The van der Waals surface area contributed by atoms with Crippen LogP contribution in [0.3, 0.4) is 0 Å². The number of halogens is 1. The maximum atomic E-state index is 11.9. The van der Waals surface area contributed by atoms with Crippen molar-refractivity contribution in [1.82, 2.24) is 0 Å². The zero-order valence-electron chi connectivity index (χ0n) is 10.7. The highest BCUT2D eigenvalue weighted by Crippen LogP contribution is 2.17. The largest absolute Gasteiger partial charge is 0.390 e. The molecular weight excluding hydrogens is 296 g/mol. The molecule has 1 amide bonds. The van der Waals surface area contributed by atoms with Gasteiger partial charge in [-0.15, -0.1) is 22.9 Å². The summed E-state index contributed by atoms with van der Waals surface area (Å²) in [7, 11) is 0.